The molecule has 0 bridgehead atoms. The molecule has 1 amide bonds. The number of aryl methyl sites for hydroxylation is 1. The predicted octanol–water partition coefficient (Wildman–Crippen LogP) is 1.00. The molecular formula is C15H23N3O3S. The van der Waals surface area contributed by atoms with E-state index in [2.05, 4.69) is 13.8 Å². The van der Waals surface area contributed by atoms with Gasteiger partial charge in [-0.25, -0.2) is 12.7 Å². The van der Waals surface area contributed by atoms with E-state index in [1.165, 1.54) is 26.4 Å². The van der Waals surface area contributed by atoms with E-state index in [1.807, 2.05) is 4.90 Å². The van der Waals surface area contributed by atoms with Gasteiger partial charge in [0.15, 0.2) is 0 Å². The van der Waals surface area contributed by atoms with Gasteiger partial charge in [-0.1, -0.05) is 13.8 Å². The number of hydrogen-bond acceptors (Lipinski definition) is 3. The molecule has 2 atom stereocenters. The average Bonchev–Trinajstić information content (AvgIpc) is 2.85. The Morgan fingerprint density at radius 3 is 2.32 bits per heavy atom. The van der Waals surface area contributed by atoms with Gasteiger partial charge in [0.25, 0.3) is 5.91 Å². The first-order valence-electron chi connectivity index (χ1n) is 7.45. The van der Waals surface area contributed by atoms with Gasteiger partial charge >= 0.3 is 0 Å². The van der Waals surface area contributed by atoms with Gasteiger partial charge in [0.05, 0.1) is 0 Å². The summed E-state index contributed by atoms with van der Waals surface area (Å²) in [6.07, 6.45) is 1.50. The predicted molar refractivity (Wildman–Crippen MR) is 83.0 cm³/mol. The number of aromatic nitrogens is 1. The number of hydrogen-bond donors (Lipinski definition) is 0. The molecule has 0 N–H and O–H groups in total. The number of nitrogens with zero attached hydrogens (tertiary/aromatic N) is 3. The number of carbonyl (C=O) groups excluding carboxylic acids is 1. The highest BCUT2D eigenvalue weighted by atomic mass is 32.2. The summed E-state index contributed by atoms with van der Waals surface area (Å²) >= 11 is 0. The molecule has 2 heterocycles. The maximum absolute atomic E-state index is 12.7. The fourth-order valence-electron chi connectivity index (χ4n) is 3.56. The third-order valence-electron chi connectivity index (χ3n) is 5.39. The standard InChI is InChI=1S/C15H23N3O3S/c1-15(2)11-8-18(9-12(11)15)14(19)13-6-10(7-17(13)5)22(20,21)16(3)4/h6-7,11-12H,8-9H2,1-5H3. The molecule has 1 aliphatic carbocycles. The van der Waals surface area contributed by atoms with E-state index in [-0.39, 0.29) is 10.8 Å². The van der Waals surface area contributed by atoms with Crippen molar-refractivity contribution in [2.24, 2.45) is 24.3 Å². The van der Waals surface area contributed by atoms with Crippen LogP contribution in [0.2, 0.25) is 0 Å². The summed E-state index contributed by atoms with van der Waals surface area (Å²) in [7, 11) is 1.17. The summed E-state index contributed by atoms with van der Waals surface area (Å²) in [5.74, 6) is 1.09. The highest BCUT2D eigenvalue weighted by Gasteiger charge is 2.62. The lowest BCUT2D eigenvalue weighted by molar-refractivity contribution is 0.0748. The summed E-state index contributed by atoms with van der Waals surface area (Å²) in [5, 5.41) is 0. The Kier molecular flexibility index (Phi) is 3.24. The molecule has 22 heavy (non-hydrogen) atoms. The van der Waals surface area contributed by atoms with Gasteiger partial charge in [-0.15, -0.1) is 0 Å². The topological polar surface area (TPSA) is 62.6 Å². The maximum Gasteiger partial charge on any atom is 0.270 e. The first-order chi connectivity index (χ1) is 10.1. The van der Waals surface area contributed by atoms with Crippen LogP contribution in [0.4, 0.5) is 0 Å². The van der Waals surface area contributed by atoms with E-state index in [4.69, 9.17) is 0 Å². The first kappa shape index (κ1) is 15.6. The van der Waals surface area contributed by atoms with Crippen molar-refractivity contribution in [2.45, 2.75) is 18.7 Å². The molecule has 1 saturated heterocycles. The van der Waals surface area contributed by atoms with Crippen LogP contribution in [0.5, 0.6) is 0 Å². The van der Waals surface area contributed by atoms with Crippen LogP contribution in [0, 0.1) is 17.3 Å². The molecule has 1 aromatic heterocycles. The smallest absolute Gasteiger partial charge is 0.270 e. The van der Waals surface area contributed by atoms with Crippen molar-refractivity contribution in [2.75, 3.05) is 27.2 Å². The summed E-state index contributed by atoms with van der Waals surface area (Å²) < 4.78 is 27.1. The lowest BCUT2D eigenvalue weighted by atomic mass is 10.1. The minimum atomic E-state index is -3.51. The molecule has 7 heteroatoms. The number of likely N-dealkylation sites (tertiary alicyclic amines) is 1. The van der Waals surface area contributed by atoms with Gasteiger partial charge in [0.2, 0.25) is 10.0 Å². The summed E-state index contributed by atoms with van der Waals surface area (Å²) in [4.78, 5) is 14.7. The molecule has 0 spiro atoms. The zero-order valence-electron chi connectivity index (χ0n) is 13.7. The fraction of sp³-hybridized carbons (Fsp3) is 0.667. The molecule has 2 fully saturated rings. The summed E-state index contributed by atoms with van der Waals surface area (Å²) in [5.41, 5.74) is 0.782. The normalized spacial score (nSPS) is 26.4. The highest BCUT2D eigenvalue weighted by Crippen LogP contribution is 2.62. The van der Waals surface area contributed by atoms with Gasteiger partial charge in [0.1, 0.15) is 10.6 Å². The van der Waals surface area contributed by atoms with E-state index in [1.54, 1.807) is 11.6 Å². The number of sulfonamides is 1. The Morgan fingerprint density at radius 1 is 1.27 bits per heavy atom. The van der Waals surface area contributed by atoms with E-state index < -0.39 is 10.0 Å². The maximum atomic E-state index is 12.7. The minimum absolute atomic E-state index is 0.0780. The number of piperidine rings is 1. The second-order valence-electron chi connectivity index (χ2n) is 7.20. The van der Waals surface area contributed by atoms with Gasteiger partial charge in [-0.05, 0) is 23.3 Å². The van der Waals surface area contributed by atoms with E-state index in [0.29, 0.717) is 22.9 Å². The van der Waals surface area contributed by atoms with Crippen molar-refractivity contribution < 1.29 is 13.2 Å². The van der Waals surface area contributed by atoms with Crippen molar-refractivity contribution >= 4 is 15.9 Å². The van der Waals surface area contributed by atoms with Gasteiger partial charge in [0, 0.05) is 40.4 Å². The summed E-state index contributed by atoms with van der Waals surface area (Å²) in [6, 6.07) is 1.48. The van der Waals surface area contributed by atoms with Crippen LogP contribution in [-0.2, 0) is 17.1 Å². The molecule has 1 saturated carbocycles. The van der Waals surface area contributed by atoms with E-state index in [9.17, 15) is 13.2 Å². The Balaban J connectivity index is 1.82. The van der Waals surface area contributed by atoms with Crippen molar-refractivity contribution in [1.29, 1.82) is 0 Å². The van der Waals surface area contributed by atoms with Gasteiger partial charge in [-0.3, -0.25) is 4.79 Å². The second kappa shape index (κ2) is 4.58. The van der Waals surface area contributed by atoms with Crippen LogP contribution < -0.4 is 0 Å². The molecule has 0 radical (unpaired) electrons. The molecular weight excluding hydrogens is 302 g/mol. The average molecular weight is 325 g/mol. The molecule has 0 aromatic carbocycles. The lowest BCUT2D eigenvalue weighted by Crippen LogP contribution is -2.33. The zero-order chi connectivity index (χ0) is 16.4. The zero-order valence-corrected chi connectivity index (χ0v) is 14.5. The SMILES string of the molecule is CN(C)S(=O)(=O)c1cc(C(=O)N2CC3C(C2)C3(C)C)n(C)c1. The number of amides is 1. The van der Waals surface area contributed by atoms with E-state index >= 15 is 0 Å². The number of fused-ring (bicyclic) bond motifs is 1. The van der Waals surface area contributed by atoms with Gasteiger partial charge < -0.3 is 9.47 Å². The number of carbonyl (C=O) groups is 1. The van der Waals surface area contributed by atoms with Crippen LogP contribution in [0.25, 0.3) is 0 Å². The quantitative estimate of drug-likeness (QED) is 0.833. The third-order valence-corrected chi connectivity index (χ3v) is 7.17. The molecule has 3 rings (SSSR count). The Bertz CT molecular complexity index is 719. The summed E-state index contributed by atoms with van der Waals surface area (Å²) in [6.45, 7) is 6.04. The molecule has 6 nitrogen and oxygen atoms in total. The van der Waals surface area contributed by atoms with Crippen molar-refractivity contribution in [3.05, 3.63) is 18.0 Å². The molecule has 122 valence electrons. The highest BCUT2D eigenvalue weighted by molar-refractivity contribution is 7.89. The van der Waals surface area contributed by atoms with Crippen molar-refractivity contribution in [3.8, 4) is 0 Å². The van der Waals surface area contributed by atoms with Crippen LogP contribution in [0.3, 0.4) is 0 Å². The number of rotatable bonds is 3. The molecule has 2 aliphatic rings. The van der Waals surface area contributed by atoms with Crippen LogP contribution in [0.1, 0.15) is 24.3 Å². The largest absolute Gasteiger partial charge is 0.345 e. The fourth-order valence-corrected chi connectivity index (χ4v) is 4.53. The van der Waals surface area contributed by atoms with Crippen LogP contribution in [0.15, 0.2) is 17.2 Å². The molecule has 2 unspecified atom stereocenters. The Labute approximate surface area is 131 Å². The first-order valence-corrected chi connectivity index (χ1v) is 8.89. The van der Waals surface area contributed by atoms with Crippen molar-refractivity contribution in [3.63, 3.8) is 0 Å². The molecule has 1 aromatic rings. The van der Waals surface area contributed by atoms with Gasteiger partial charge in [-0.2, -0.15) is 0 Å². The Morgan fingerprint density at radius 2 is 1.82 bits per heavy atom. The van der Waals surface area contributed by atoms with Crippen LogP contribution in [-0.4, -0.2) is 55.3 Å². The third kappa shape index (κ3) is 2.10. The van der Waals surface area contributed by atoms with Crippen LogP contribution >= 0.6 is 0 Å². The Hall–Kier alpha value is -1.34. The second-order valence-corrected chi connectivity index (χ2v) is 9.36. The lowest BCUT2D eigenvalue weighted by Gasteiger charge is -2.22. The minimum Gasteiger partial charge on any atom is -0.345 e. The van der Waals surface area contributed by atoms with Crippen molar-refractivity contribution in [1.82, 2.24) is 13.8 Å². The monoisotopic (exact) mass is 325 g/mol. The molecule has 1 aliphatic heterocycles. The van der Waals surface area contributed by atoms with E-state index in [0.717, 1.165) is 17.4 Å².